The van der Waals surface area contributed by atoms with E-state index in [0.29, 0.717) is 19.0 Å². The summed E-state index contributed by atoms with van der Waals surface area (Å²) in [5, 5.41) is 3.88. The van der Waals surface area contributed by atoms with Gasteiger partial charge in [0.15, 0.2) is 5.88 Å². The molecule has 0 spiro atoms. The lowest BCUT2D eigenvalue weighted by Gasteiger charge is -2.26. The Morgan fingerprint density at radius 3 is 2.71 bits per heavy atom. The molecule has 0 radical (unpaired) electrons. The quantitative estimate of drug-likeness (QED) is 0.672. The van der Waals surface area contributed by atoms with Gasteiger partial charge in [-0.2, -0.15) is 5.10 Å². The molecule has 1 fully saturated rings. The first kappa shape index (κ1) is 16.2. The fourth-order valence-electron chi connectivity index (χ4n) is 2.36. The van der Waals surface area contributed by atoms with E-state index in [-0.39, 0.29) is 18.1 Å². The number of hydrogen-bond acceptors (Lipinski definition) is 5. The van der Waals surface area contributed by atoms with Crippen molar-refractivity contribution in [2.75, 3.05) is 31.2 Å². The van der Waals surface area contributed by atoms with Gasteiger partial charge < -0.3 is 14.1 Å². The number of morpholine rings is 1. The topological polar surface area (TPSA) is 67.1 Å². The molecule has 2 heterocycles. The van der Waals surface area contributed by atoms with Crippen LogP contribution in [0.5, 0.6) is 0 Å². The normalized spacial score (nSPS) is 15.0. The SMILES string of the molecule is O=C(Cc1ccc(F)cc1)N/N=C/c1ccc(N2CCOCC2)o1. The maximum atomic E-state index is 12.8. The molecule has 1 aliphatic heterocycles. The third-order valence-electron chi connectivity index (χ3n) is 3.59. The lowest BCUT2D eigenvalue weighted by atomic mass is 10.1. The molecule has 7 heteroatoms. The van der Waals surface area contributed by atoms with E-state index in [0.717, 1.165) is 24.5 Å². The Morgan fingerprint density at radius 1 is 1.21 bits per heavy atom. The standard InChI is InChI=1S/C17H18FN3O3/c18-14-3-1-13(2-4-14)11-16(22)20-19-12-15-5-6-17(24-15)21-7-9-23-10-8-21/h1-6,12H,7-11H2,(H,20,22)/b19-12+. The molecule has 1 aromatic heterocycles. The Kier molecular flexibility index (Phi) is 5.22. The van der Waals surface area contributed by atoms with Crippen molar-refractivity contribution < 1.29 is 18.3 Å². The van der Waals surface area contributed by atoms with Crippen LogP contribution in [0.1, 0.15) is 11.3 Å². The third kappa shape index (κ3) is 4.42. The molecule has 0 aliphatic carbocycles. The minimum atomic E-state index is -0.328. The molecular weight excluding hydrogens is 313 g/mol. The average Bonchev–Trinajstić information content (AvgIpc) is 3.07. The lowest BCUT2D eigenvalue weighted by molar-refractivity contribution is -0.120. The van der Waals surface area contributed by atoms with Gasteiger partial charge in [-0.25, -0.2) is 9.82 Å². The first-order valence-electron chi connectivity index (χ1n) is 7.69. The molecule has 3 rings (SSSR count). The van der Waals surface area contributed by atoms with Crippen LogP contribution in [0.3, 0.4) is 0 Å². The molecular formula is C17H18FN3O3. The van der Waals surface area contributed by atoms with E-state index in [4.69, 9.17) is 9.15 Å². The van der Waals surface area contributed by atoms with Crippen LogP contribution in [-0.2, 0) is 16.0 Å². The van der Waals surface area contributed by atoms with Crippen molar-refractivity contribution in [3.05, 3.63) is 53.5 Å². The van der Waals surface area contributed by atoms with Crippen molar-refractivity contribution in [3.63, 3.8) is 0 Å². The molecule has 1 aliphatic rings. The van der Waals surface area contributed by atoms with E-state index >= 15 is 0 Å². The Balaban J connectivity index is 1.49. The van der Waals surface area contributed by atoms with Gasteiger partial charge in [0.05, 0.1) is 25.8 Å². The number of furan rings is 1. The van der Waals surface area contributed by atoms with Crippen LogP contribution in [0.25, 0.3) is 0 Å². The van der Waals surface area contributed by atoms with Crippen LogP contribution in [0.4, 0.5) is 10.3 Å². The molecule has 1 aromatic carbocycles. The van der Waals surface area contributed by atoms with Crippen LogP contribution in [0.2, 0.25) is 0 Å². The molecule has 1 amide bonds. The van der Waals surface area contributed by atoms with E-state index in [2.05, 4.69) is 15.4 Å². The highest BCUT2D eigenvalue weighted by molar-refractivity contribution is 5.81. The highest BCUT2D eigenvalue weighted by Gasteiger charge is 2.14. The minimum absolute atomic E-state index is 0.134. The van der Waals surface area contributed by atoms with Crippen LogP contribution < -0.4 is 10.3 Å². The van der Waals surface area contributed by atoms with E-state index < -0.39 is 0 Å². The van der Waals surface area contributed by atoms with Gasteiger partial charge in [-0.15, -0.1) is 0 Å². The zero-order valence-electron chi connectivity index (χ0n) is 13.1. The molecule has 0 saturated carbocycles. The minimum Gasteiger partial charge on any atom is -0.440 e. The van der Waals surface area contributed by atoms with Gasteiger partial charge in [0.1, 0.15) is 11.6 Å². The number of nitrogens with one attached hydrogen (secondary N) is 1. The van der Waals surface area contributed by atoms with E-state index in [1.807, 2.05) is 6.07 Å². The van der Waals surface area contributed by atoms with Crippen molar-refractivity contribution in [2.24, 2.45) is 5.10 Å². The second-order valence-corrected chi connectivity index (χ2v) is 5.37. The summed E-state index contributed by atoms with van der Waals surface area (Å²) in [6, 6.07) is 9.44. The van der Waals surface area contributed by atoms with Gasteiger partial charge in [0.25, 0.3) is 0 Å². The Morgan fingerprint density at radius 2 is 1.96 bits per heavy atom. The Bertz CT molecular complexity index is 706. The van der Waals surface area contributed by atoms with E-state index in [1.54, 1.807) is 18.2 Å². The smallest absolute Gasteiger partial charge is 0.244 e. The molecule has 126 valence electrons. The summed E-state index contributed by atoms with van der Waals surface area (Å²) in [5.74, 6) is 0.708. The molecule has 24 heavy (non-hydrogen) atoms. The predicted octanol–water partition coefficient (Wildman–Crippen LogP) is 1.95. The van der Waals surface area contributed by atoms with Crippen molar-refractivity contribution in [1.29, 1.82) is 0 Å². The number of hydrazone groups is 1. The average molecular weight is 331 g/mol. The molecule has 1 N–H and O–H groups in total. The van der Waals surface area contributed by atoms with Crippen LogP contribution in [0, 0.1) is 5.82 Å². The largest absolute Gasteiger partial charge is 0.440 e. The Labute approximate surface area is 138 Å². The molecule has 0 bridgehead atoms. The van der Waals surface area contributed by atoms with Crippen LogP contribution in [-0.4, -0.2) is 38.4 Å². The number of hydrogen-bond donors (Lipinski definition) is 1. The molecule has 0 atom stereocenters. The van der Waals surface area contributed by atoms with Gasteiger partial charge >= 0.3 is 0 Å². The highest BCUT2D eigenvalue weighted by atomic mass is 19.1. The number of benzene rings is 1. The number of ether oxygens (including phenoxy) is 1. The lowest BCUT2D eigenvalue weighted by Crippen LogP contribution is -2.35. The van der Waals surface area contributed by atoms with Crippen molar-refractivity contribution in [2.45, 2.75) is 6.42 Å². The van der Waals surface area contributed by atoms with Gasteiger partial charge in [0.2, 0.25) is 5.91 Å². The van der Waals surface area contributed by atoms with E-state index in [1.165, 1.54) is 18.3 Å². The fourth-order valence-corrected chi connectivity index (χ4v) is 2.36. The number of amides is 1. The molecule has 1 saturated heterocycles. The van der Waals surface area contributed by atoms with Crippen LogP contribution >= 0.6 is 0 Å². The number of carbonyl (C=O) groups excluding carboxylic acids is 1. The number of carbonyl (C=O) groups is 1. The number of rotatable bonds is 5. The van der Waals surface area contributed by atoms with Gasteiger partial charge in [0, 0.05) is 19.2 Å². The first-order chi connectivity index (χ1) is 11.7. The summed E-state index contributed by atoms with van der Waals surface area (Å²) in [7, 11) is 0. The molecule has 0 unspecified atom stereocenters. The van der Waals surface area contributed by atoms with Gasteiger partial charge in [-0.3, -0.25) is 4.79 Å². The monoisotopic (exact) mass is 331 g/mol. The summed E-state index contributed by atoms with van der Waals surface area (Å²) in [5.41, 5.74) is 3.15. The third-order valence-corrected chi connectivity index (χ3v) is 3.59. The second kappa shape index (κ2) is 7.74. The summed E-state index contributed by atoms with van der Waals surface area (Å²) in [6.45, 7) is 2.95. The summed E-state index contributed by atoms with van der Waals surface area (Å²) in [6.07, 6.45) is 1.58. The first-order valence-corrected chi connectivity index (χ1v) is 7.69. The predicted molar refractivity (Wildman–Crippen MR) is 87.6 cm³/mol. The zero-order valence-corrected chi connectivity index (χ0v) is 13.1. The summed E-state index contributed by atoms with van der Waals surface area (Å²) >= 11 is 0. The zero-order chi connectivity index (χ0) is 16.8. The van der Waals surface area contributed by atoms with Crippen molar-refractivity contribution in [1.82, 2.24) is 5.43 Å². The molecule has 2 aromatic rings. The second-order valence-electron chi connectivity index (χ2n) is 5.37. The van der Waals surface area contributed by atoms with Crippen molar-refractivity contribution in [3.8, 4) is 0 Å². The summed E-state index contributed by atoms with van der Waals surface area (Å²) in [4.78, 5) is 13.9. The Hall–Kier alpha value is -2.67. The van der Waals surface area contributed by atoms with Crippen molar-refractivity contribution >= 4 is 18.0 Å². The fraction of sp³-hybridized carbons (Fsp3) is 0.294. The maximum absolute atomic E-state index is 12.8. The highest BCUT2D eigenvalue weighted by Crippen LogP contribution is 2.18. The number of halogens is 1. The maximum Gasteiger partial charge on any atom is 0.244 e. The number of nitrogens with zero attached hydrogens (tertiary/aromatic N) is 2. The van der Waals surface area contributed by atoms with Gasteiger partial charge in [-0.05, 0) is 23.8 Å². The van der Waals surface area contributed by atoms with Gasteiger partial charge in [-0.1, -0.05) is 12.1 Å². The van der Waals surface area contributed by atoms with E-state index in [9.17, 15) is 9.18 Å². The van der Waals surface area contributed by atoms with Crippen LogP contribution in [0.15, 0.2) is 45.9 Å². The molecule has 6 nitrogen and oxygen atoms in total. The summed E-state index contributed by atoms with van der Waals surface area (Å²) < 4.78 is 23.8. The number of anilines is 1.